The zero-order valence-electron chi connectivity index (χ0n) is 22.3. The second-order valence-electron chi connectivity index (χ2n) is 12.3. The van der Waals surface area contributed by atoms with E-state index >= 15 is 0 Å². The lowest BCUT2D eigenvalue weighted by atomic mass is 9.45. The normalized spacial score (nSPS) is 41.4. The monoisotopic (exact) mass is 582 g/mol. The molecule has 2 aromatic carbocycles. The van der Waals surface area contributed by atoms with E-state index in [4.69, 9.17) is 17.8 Å². The second-order valence-corrected chi connectivity index (χ2v) is 15.5. The quantitative estimate of drug-likeness (QED) is 0.338. The lowest BCUT2D eigenvalue weighted by molar-refractivity contribution is -0.110. The summed E-state index contributed by atoms with van der Waals surface area (Å²) in [6.45, 7) is 3.35. The molecule has 6 aliphatic rings. The van der Waals surface area contributed by atoms with E-state index in [1.807, 2.05) is 38.2 Å². The second kappa shape index (κ2) is 7.35. The minimum absolute atomic E-state index is 0.0687. The molecule has 0 radical (unpaired) electrons. The Bertz CT molecular complexity index is 1560. The Morgan fingerprint density at radius 2 is 0.875 bits per heavy atom. The van der Waals surface area contributed by atoms with E-state index in [0.29, 0.717) is 25.7 Å². The van der Waals surface area contributed by atoms with Gasteiger partial charge in [0, 0.05) is 0 Å². The van der Waals surface area contributed by atoms with Crippen molar-refractivity contribution in [1.29, 1.82) is 0 Å². The summed E-state index contributed by atoms with van der Waals surface area (Å²) < 4.78 is 79.7. The molecule has 40 heavy (non-hydrogen) atoms. The minimum atomic E-state index is -4.12. The first-order valence-electron chi connectivity index (χ1n) is 13.6. The number of aryl methyl sites for hydroxylation is 2. The molecule has 4 aliphatic heterocycles. The lowest BCUT2D eigenvalue weighted by Gasteiger charge is -2.53. The third-order valence-electron chi connectivity index (χ3n) is 10.8. The molecule has 210 valence electrons. The van der Waals surface area contributed by atoms with Crippen molar-refractivity contribution < 1.29 is 34.7 Å². The smallest absolute Gasteiger partial charge is 0.296 e. The van der Waals surface area contributed by atoms with E-state index in [1.54, 1.807) is 24.3 Å². The van der Waals surface area contributed by atoms with Gasteiger partial charge in [-0.15, -0.1) is 0 Å². The molecule has 2 saturated heterocycles. The fourth-order valence-corrected chi connectivity index (χ4v) is 11.0. The van der Waals surface area contributed by atoms with Crippen molar-refractivity contribution in [3.05, 3.63) is 84.0 Å². The molecule has 8 nitrogen and oxygen atoms in total. The zero-order valence-corrected chi connectivity index (χ0v) is 23.9. The highest BCUT2D eigenvalue weighted by molar-refractivity contribution is 7.87. The predicted molar refractivity (Wildman–Crippen MR) is 143 cm³/mol. The van der Waals surface area contributed by atoms with E-state index in [1.165, 1.54) is 24.3 Å². The Balaban J connectivity index is 1.25. The van der Waals surface area contributed by atoms with Crippen LogP contribution in [0.25, 0.3) is 0 Å². The molecule has 2 aliphatic carbocycles. The van der Waals surface area contributed by atoms with Crippen LogP contribution in [-0.4, -0.2) is 52.5 Å². The molecule has 4 heterocycles. The van der Waals surface area contributed by atoms with Crippen molar-refractivity contribution in [2.45, 2.75) is 71.7 Å². The van der Waals surface area contributed by atoms with Gasteiger partial charge in [-0.3, -0.25) is 8.37 Å². The summed E-state index contributed by atoms with van der Waals surface area (Å²) in [6.07, 6.45) is 10.6. The molecule has 6 atom stereocenters. The fourth-order valence-electron chi connectivity index (χ4n) is 9.15. The van der Waals surface area contributed by atoms with Gasteiger partial charge < -0.3 is 9.47 Å². The Morgan fingerprint density at radius 1 is 0.575 bits per heavy atom. The molecule has 4 bridgehead atoms. The van der Waals surface area contributed by atoms with Gasteiger partial charge in [0.15, 0.2) is 0 Å². The van der Waals surface area contributed by atoms with Crippen LogP contribution in [-0.2, 0) is 38.1 Å². The van der Waals surface area contributed by atoms with Crippen molar-refractivity contribution in [1.82, 2.24) is 0 Å². The van der Waals surface area contributed by atoms with Gasteiger partial charge in [-0.2, -0.15) is 16.8 Å². The standard InChI is InChI=1S/C30H30O8S2/c1-21-3-7-23(8-4-21)39(31,32)35-19-29-25-11-12-26(29)16-18-28(38-26)14-13-27(37-25,17-15-25)30(28,29)20-36-40(33,34)24-9-5-22(2)6-10-24/h3-10,15-18H,11-14,19-20H2,1-2H3/t25-,26-,27-,28+,29?,30?/m1/s1. The van der Waals surface area contributed by atoms with Crippen LogP contribution in [0, 0.1) is 24.7 Å². The number of hydrogen-bond acceptors (Lipinski definition) is 8. The molecule has 2 saturated carbocycles. The minimum Gasteiger partial charge on any atom is -0.359 e. The molecule has 2 unspecified atom stereocenters. The SMILES string of the molecule is Cc1ccc(S(=O)(=O)OCC23C4(COS(=O)(=O)c5ccc(C)cc5)[C@]56C=C[C@]2(CC[C@@]32C=C[C@@]4(CC5)O2)O6)cc1. The summed E-state index contributed by atoms with van der Waals surface area (Å²) in [5.41, 5.74) is -3.58. The molecular weight excluding hydrogens is 552 g/mol. The summed E-state index contributed by atoms with van der Waals surface area (Å²) in [5, 5.41) is 0. The van der Waals surface area contributed by atoms with Gasteiger partial charge in [0.1, 0.15) is 0 Å². The number of benzene rings is 2. The average molecular weight is 583 g/mol. The van der Waals surface area contributed by atoms with Gasteiger partial charge >= 0.3 is 0 Å². The van der Waals surface area contributed by atoms with Crippen LogP contribution in [0.2, 0.25) is 0 Å². The van der Waals surface area contributed by atoms with Gasteiger partial charge in [0.25, 0.3) is 20.2 Å². The van der Waals surface area contributed by atoms with Gasteiger partial charge in [-0.25, -0.2) is 0 Å². The summed E-state index contributed by atoms with van der Waals surface area (Å²) in [6, 6.07) is 13.1. The molecule has 4 fully saturated rings. The van der Waals surface area contributed by atoms with Crippen molar-refractivity contribution in [2.75, 3.05) is 13.2 Å². The Morgan fingerprint density at radius 3 is 1.18 bits per heavy atom. The molecule has 0 amide bonds. The predicted octanol–water partition coefficient (Wildman–Crippen LogP) is 4.13. The largest absolute Gasteiger partial charge is 0.359 e. The van der Waals surface area contributed by atoms with Crippen LogP contribution >= 0.6 is 0 Å². The first-order chi connectivity index (χ1) is 18.9. The van der Waals surface area contributed by atoms with Gasteiger partial charge in [0.2, 0.25) is 0 Å². The zero-order chi connectivity index (χ0) is 27.9. The maximum Gasteiger partial charge on any atom is 0.296 e. The van der Waals surface area contributed by atoms with Crippen LogP contribution in [0.15, 0.2) is 82.6 Å². The molecule has 0 N–H and O–H groups in total. The van der Waals surface area contributed by atoms with Gasteiger partial charge in [-0.05, 0) is 63.8 Å². The van der Waals surface area contributed by atoms with Crippen molar-refractivity contribution >= 4 is 20.2 Å². The third kappa shape index (κ3) is 2.59. The van der Waals surface area contributed by atoms with Crippen LogP contribution in [0.5, 0.6) is 0 Å². The average Bonchev–Trinajstić information content (AvgIpc) is 3.71. The molecule has 2 aromatic rings. The van der Waals surface area contributed by atoms with E-state index in [2.05, 4.69) is 0 Å². The highest BCUT2D eigenvalue weighted by Gasteiger charge is 2.98. The van der Waals surface area contributed by atoms with Crippen molar-refractivity contribution in [3.8, 4) is 0 Å². The van der Waals surface area contributed by atoms with Crippen LogP contribution in [0.3, 0.4) is 0 Å². The maximum absolute atomic E-state index is 13.5. The third-order valence-corrected chi connectivity index (χ3v) is 13.4. The molecule has 10 heteroatoms. The van der Waals surface area contributed by atoms with Gasteiger partial charge in [-0.1, -0.05) is 59.7 Å². The van der Waals surface area contributed by atoms with Gasteiger partial charge in [0.05, 0.1) is 56.2 Å². The van der Waals surface area contributed by atoms with E-state index in [-0.39, 0.29) is 23.0 Å². The van der Waals surface area contributed by atoms with Crippen LogP contribution < -0.4 is 0 Å². The van der Waals surface area contributed by atoms with Crippen LogP contribution in [0.4, 0.5) is 0 Å². The highest BCUT2D eigenvalue weighted by Crippen LogP contribution is 2.89. The van der Waals surface area contributed by atoms with E-state index in [9.17, 15) is 16.8 Å². The number of hydrogen-bond donors (Lipinski definition) is 0. The van der Waals surface area contributed by atoms with Crippen LogP contribution in [0.1, 0.15) is 36.8 Å². The van der Waals surface area contributed by atoms with Crippen molar-refractivity contribution in [2.24, 2.45) is 10.8 Å². The molecular formula is C30H30O8S2. The first-order valence-corrected chi connectivity index (χ1v) is 16.5. The Hall–Kier alpha value is -2.34. The number of rotatable bonds is 8. The molecule has 8 rings (SSSR count). The van der Waals surface area contributed by atoms with Crippen molar-refractivity contribution in [3.63, 3.8) is 0 Å². The first kappa shape index (κ1) is 25.4. The lowest BCUT2D eigenvalue weighted by Crippen LogP contribution is -2.66. The molecule has 4 spiro atoms. The molecule has 0 aromatic heterocycles. The van der Waals surface area contributed by atoms with E-state index in [0.717, 1.165) is 11.1 Å². The Labute approximate surface area is 234 Å². The summed E-state index contributed by atoms with van der Waals surface area (Å²) >= 11 is 0. The Kier molecular flexibility index (Phi) is 4.66. The summed E-state index contributed by atoms with van der Waals surface area (Å²) in [7, 11) is -8.24. The topological polar surface area (TPSA) is 105 Å². The summed E-state index contributed by atoms with van der Waals surface area (Å²) in [5.74, 6) is 0. The van der Waals surface area contributed by atoms with E-state index < -0.39 is 53.5 Å². The fraction of sp³-hybridized carbons (Fsp3) is 0.467. The maximum atomic E-state index is 13.5. The highest BCUT2D eigenvalue weighted by atomic mass is 32.2. The summed E-state index contributed by atoms with van der Waals surface area (Å²) in [4.78, 5) is 0.137. The number of ether oxygens (including phenoxy) is 2.